The van der Waals surface area contributed by atoms with Crippen LogP contribution >= 0.6 is 0 Å². The molecule has 0 radical (unpaired) electrons. The van der Waals surface area contributed by atoms with E-state index in [0.29, 0.717) is 11.5 Å². The summed E-state index contributed by atoms with van der Waals surface area (Å²) in [5, 5.41) is 7.57. The van der Waals surface area contributed by atoms with Crippen LogP contribution in [0, 0.1) is 0 Å². The van der Waals surface area contributed by atoms with Gasteiger partial charge >= 0.3 is 0 Å². The minimum absolute atomic E-state index is 0.108. The molecule has 0 fully saturated rings. The molecule has 4 heteroatoms. The molecule has 1 aromatic carbocycles. The molecule has 0 spiro atoms. The Morgan fingerprint density at radius 3 is 2.53 bits per heavy atom. The van der Waals surface area contributed by atoms with Crippen molar-refractivity contribution in [1.82, 2.24) is 0 Å². The van der Waals surface area contributed by atoms with Gasteiger partial charge in [-0.2, -0.15) is 0 Å². The first-order valence-corrected chi connectivity index (χ1v) is 4.37. The van der Waals surface area contributed by atoms with Crippen LogP contribution in [0.1, 0.15) is 5.56 Å². The Hall–Kier alpha value is -2.19. The van der Waals surface area contributed by atoms with Crippen molar-refractivity contribution in [2.75, 3.05) is 7.11 Å². The zero-order valence-electron chi connectivity index (χ0n) is 8.10. The summed E-state index contributed by atoms with van der Waals surface area (Å²) in [5.74, 6) is 2.06. The minimum atomic E-state index is 0.108. The Kier molecular flexibility index (Phi) is 2.44. The first-order chi connectivity index (χ1) is 7.36. The summed E-state index contributed by atoms with van der Waals surface area (Å²) < 4.78 is 5.07. The molecule has 0 saturated carbocycles. The van der Waals surface area contributed by atoms with Crippen molar-refractivity contribution >= 4 is 11.6 Å². The molecule has 4 nitrogen and oxygen atoms in total. The number of carbonyl (C=O) groups excluding carboxylic acids is 1. The fraction of sp³-hybridized carbons (Fsp3) is 0.0909. The van der Waals surface area contributed by atoms with Gasteiger partial charge in [0.2, 0.25) is 5.70 Å². The standard InChI is InChI=1S/C11H8N2O2/c1-15-11-9(7-14)12-13-10(11)8-5-3-2-4-6-8/h2-6H,1H3. The van der Waals surface area contributed by atoms with Crippen LogP contribution in [0.25, 0.3) is 5.70 Å². The topological polar surface area (TPSA) is 51.0 Å². The highest BCUT2D eigenvalue weighted by molar-refractivity contribution is 5.76. The fourth-order valence-corrected chi connectivity index (χ4v) is 1.35. The lowest BCUT2D eigenvalue weighted by Crippen LogP contribution is -1.90. The first kappa shape index (κ1) is 9.37. The molecule has 15 heavy (non-hydrogen) atoms. The zero-order valence-corrected chi connectivity index (χ0v) is 8.10. The molecule has 0 unspecified atom stereocenters. The molecule has 1 aliphatic rings. The molecule has 0 bridgehead atoms. The van der Waals surface area contributed by atoms with Crippen molar-refractivity contribution in [1.29, 1.82) is 0 Å². The third kappa shape index (κ3) is 1.58. The van der Waals surface area contributed by atoms with Crippen molar-refractivity contribution in [3.05, 3.63) is 47.4 Å². The highest BCUT2D eigenvalue weighted by Crippen LogP contribution is 2.31. The quantitative estimate of drug-likeness (QED) is 0.687. The molecular weight excluding hydrogens is 192 g/mol. The third-order valence-corrected chi connectivity index (χ3v) is 2.03. The second-order valence-electron chi connectivity index (χ2n) is 2.90. The van der Waals surface area contributed by atoms with E-state index in [1.165, 1.54) is 7.11 Å². The molecule has 74 valence electrons. The lowest BCUT2D eigenvalue weighted by atomic mass is 10.1. The predicted octanol–water partition coefficient (Wildman–Crippen LogP) is 2.18. The Morgan fingerprint density at radius 1 is 1.20 bits per heavy atom. The van der Waals surface area contributed by atoms with Gasteiger partial charge < -0.3 is 4.74 Å². The smallest absolute Gasteiger partial charge is 0.213 e. The van der Waals surface area contributed by atoms with E-state index in [9.17, 15) is 4.79 Å². The van der Waals surface area contributed by atoms with Crippen molar-refractivity contribution < 1.29 is 9.53 Å². The normalized spacial score (nSPS) is 14.3. The molecular formula is C11H8N2O2. The van der Waals surface area contributed by atoms with E-state index >= 15 is 0 Å². The van der Waals surface area contributed by atoms with E-state index in [1.54, 1.807) is 5.94 Å². The summed E-state index contributed by atoms with van der Waals surface area (Å²) in [6.45, 7) is 0. The van der Waals surface area contributed by atoms with Gasteiger partial charge in [0.25, 0.3) is 0 Å². The lowest BCUT2D eigenvalue weighted by Gasteiger charge is -2.01. The van der Waals surface area contributed by atoms with Gasteiger partial charge in [-0.25, -0.2) is 4.79 Å². The van der Waals surface area contributed by atoms with Gasteiger partial charge in [0.15, 0.2) is 11.7 Å². The average molecular weight is 200 g/mol. The van der Waals surface area contributed by atoms with Crippen LogP contribution in [-0.2, 0) is 9.53 Å². The molecule has 1 heterocycles. The summed E-state index contributed by atoms with van der Waals surface area (Å²) in [5.41, 5.74) is 1.54. The second kappa shape index (κ2) is 3.90. The highest BCUT2D eigenvalue weighted by atomic mass is 16.5. The molecule has 0 amide bonds. The molecule has 1 aliphatic heterocycles. The Labute approximate surface area is 86.6 Å². The van der Waals surface area contributed by atoms with Gasteiger partial charge in [0, 0.05) is 5.56 Å². The SMILES string of the molecule is COC1=C(c2ccccc2)N=NC1=C=O. The van der Waals surface area contributed by atoms with Crippen LogP contribution in [0.3, 0.4) is 0 Å². The molecule has 0 aromatic heterocycles. The van der Waals surface area contributed by atoms with Gasteiger partial charge in [-0.05, 0) is 0 Å². The van der Waals surface area contributed by atoms with Gasteiger partial charge in [0.05, 0.1) is 7.11 Å². The molecule has 0 atom stereocenters. The number of ether oxygens (including phenoxy) is 1. The van der Waals surface area contributed by atoms with Crippen LogP contribution in [0.15, 0.2) is 52.0 Å². The largest absolute Gasteiger partial charge is 0.491 e. The van der Waals surface area contributed by atoms with E-state index < -0.39 is 0 Å². The maximum atomic E-state index is 10.5. The number of hydrogen-bond donors (Lipinski definition) is 0. The van der Waals surface area contributed by atoms with Crippen LogP contribution in [0.5, 0.6) is 0 Å². The number of azo groups is 1. The average Bonchev–Trinajstić information content (AvgIpc) is 2.72. The second-order valence-corrected chi connectivity index (χ2v) is 2.90. The van der Waals surface area contributed by atoms with Crippen molar-refractivity contribution in [3.8, 4) is 0 Å². The maximum Gasteiger partial charge on any atom is 0.213 e. The van der Waals surface area contributed by atoms with Gasteiger partial charge in [-0.3, -0.25) is 0 Å². The maximum absolute atomic E-state index is 10.5. The number of rotatable bonds is 2. The van der Waals surface area contributed by atoms with E-state index in [2.05, 4.69) is 10.2 Å². The third-order valence-electron chi connectivity index (χ3n) is 2.03. The van der Waals surface area contributed by atoms with Crippen molar-refractivity contribution in [2.45, 2.75) is 0 Å². The first-order valence-electron chi connectivity index (χ1n) is 4.37. The number of hydrogen-bond acceptors (Lipinski definition) is 4. The van der Waals surface area contributed by atoms with Crippen molar-refractivity contribution in [3.63, 3.8) is 0 Å². The van der Waals surface area contributed by atoms with Crippen LogP contribution < -0.4 is 0 Å². The molecule has 0 N–H and O–H groups in total. The number of benzene rings is 1. The number of nitrogens with zero attached hydrogens (tertiary/aromatic N) is 2. The van der Waals surface area contributed by atoms with Crippen molar-refractivity contribution in [2.24, 2.45) is 10.2 Å². The summed E-state index contributed by atoms with van der Waals surface area (Å²) in [6.07, 6.45) is 0. The van der Waals surface area contributed by atoms with Gasteiger partial charge in [-0.15, -0.1) is 10.2 Å². The Morgan fingerprint density at radius 2 is 1.93 bits per heavy atom. The Balaban J connectivity index is 2.54. The number of methoxy groups -OCH3 is 1. The van der Waals surface area contributed by atoms with Gasteiger partial charge in [0.1, 0.15) is 5.70 Å². The van der Waals surface area contributed by atoms with Crippen LogP contribution in [-0.4, -0.2) is 13.1 Å². The molecule has 2 rings (SSSR count). The van der Waals surface area contributed by atoms with E-state index in [0.717, 1.165) is 5.56 Å². The lowest BCUT2D eigenvalue weighted by molar-refractivity contribution is 0.304. The summed E-state index contributed by atoms with van der Waals surface area (Å²) >= 11 is 0. The van der Waals surface area contributed by atoms with E-state index in [4.69, 9.17) is 4.74 Å². The molecule has 0 aliphatic carbocycles. The van der Waals surface area contributed by atoms with E-state index in [1.807, 2.05) is 30.3 Å². The predicted molar refractivity (Wildman–Crippen MR) is 54.4 cm³/mol. The van der Waals surface area contributed by atoms with Crippen LogP contribution in [0.2, 0.25) is 0 Å². The van der Waals surface area contributed by atoms with E-state index in [-0.39, 0.29) is 5.70 Å². The van der Waals surface area contributed by atoms with Gasteiger partial charge in [-0.1, -0.05) is 30.3 Å². The minimum Gasteiger partial charge on any atom is -0.491 e. The highest BCUT2D eigenvalue weighted by Gasteiger charge is 2.20. The zero-order chi connectivity index (χ0) is 10.7. The fourth-order valence-electron chi connectivity index (χ4n) is 1.35. The summed E-state index contributed by atoms with van der Waals surface area (Å²) in [7, 11) is 1.48. The molecule has 1 aromatic rings. The summed E-state index contributed by atoms with van der Waals surface area (Å²) in [4.78, 5) is 10.5. The summed E-state index contributed by atoms with van der Waals surface area (Å²) in [6, 6.07) is 9.42. The monoisotopic (exact) mass is 200 g/mol. The Bertz CT molecular complexity index is 483. The van der Waals surface area contributed by atoms with Crippen LogP contribution in [0.4, 0.5) is 0 Å². The molecule has 0 saturated heterocycles.